The van der Waals surface area contributed by atoms with Gasteiger partial charge in [0.1, 0.15) is 0 Å². The van der Waals surface area contributed by atoms with E-state index in [4.69, 9.17) is 9.16 Å². The molecule has 2 aromatic rings. The number of benzene rings is 2. The monoisotopic (exact) mass is 432 g/mol. The maximum Gasteiger partial charge on any atom is 0.261 e. The lowest BCUT2D eigenvalue weighted by molar-refractivity contribution is 0.0774. The first kappa shape index (κ1) is 23.5. The highest BCUT2D eigenvalue weighted by atomic mass is 28.4. The molecule has 1 heterocycles. The van der Waals surface area contributed by atoms with Crippen molar-refractivity contribution in [2.75, 3.05) is 6.61 Å². The molecule has 2 nitrogen and oxygen atoms in total. The summed E-state index contributed by atoms with van der Waals surface area (Å²) >= 11 is 0. The summed E-state index contributed by atoms with van der Waals surface area (Å²) in [6.45, 7) is 17.6. The van der Waals surface area contributed by atoms with Crippen molar-refractivity contribution in [3.63, 3.8) is 0 Å². The summed E-state index contributed by atoms with van der Waals surface area (Å²) in [4.78, 5) is 0. The van der Waals surface area contributed by atoms with Gasteiger partial charge in [-0.25, -0.2) is 0 Å². The van der Waals surface area contributed by atoms with Gasteiger partial charge in [0.2, 0.25) is 0 Å². The van der Waals surface area contributed by atoms with Crippen LogP contribution in [0.3, 0.4) is 0 Å². The summed E-state index contributed by atoms with van der Waals surface area (Å²) in [5.74, 6) is 0.580. The zero-order valence-electron chi connectivity index (χ0n) is 19.3. The van der Waals surface area contributed by atoms with Gasteiger partial charge in [0.05, 0.1) is 12.2 Å². The quantitative estimate of drug-likeness (QED) is 0.311. The fourth-order valence-electron chi connectivity index (χ4n) is 4.82. The lowest BCUT2D eigenvalue weighted by Crippen LogP contribution is -2.67. The summed E-state index contributed by atoms with van der Waals surface area (Å²) in [5.41, 5.74) is 0. The van der Waals surface area contributed by atoms with E-state index < -0.39 is 8.32 Å². The van der Waals surface area contributed by atoms with E-state index in [1.54, 1.807) is 6.08 Å². The van der Waals surface area contributed by atoms with Gasteiger partial charge in [0, 0.05) is 12.5 Å². The Balaban J connectivity index is 2.04. The molecule has 0 amide bonds. The van der Waals surface area contributed by atoms with Gasteiger partial charge >= 0.3 is 0 Å². The van der Waals surface area contributed by atoms with Crippen LogP contribution in [0.5, 0.6) is 0 Å². The lowest BCUT2D eigenvalue weighted by atomic mass is 9.89. The third-order valence-corrected chi connectivity index (χ3v) is 11.5. The Morgan fingerprint density at radius 2 is 1.48 bits per heavy atom. The predicted octanol–water partition coefficient (Wildman–Crippen LogP) is 5.51. The minimum Gasteiger partial charge on any atom is -0.407 e. The highest BCUT2D eigenvalue weighted by Gasteiger charge is 2.51. The van der Waals surface area contributed by atoms with Crippen molar-refractivity contribution >= 4 is 18.7 Å². The van der Waals surface area contributed by atoms with Gasteiger partial charge in [0.15, 0.2) is 0 Å². The number of ether oxygens (including phenoxy) is 1. The van der Waals surface area contributed by atoms with E-state index in [1.165, 1.54) is 10.4 Å². The Bertz CT molecular complexity index is 843. The average Bonchev–Trinajstić information content (AvgIpc) is 3.08. The highest BCUT2D eigenvalue weighted by molar-refractivity contribution is 6.99. The molecule has 0 aliphatic carbocycles. The van der Waals surface area contributed by atoms with Crippen LogP contribution in [0.4, 0.5) is 0 Å². The molecule has 2 aromatic carbocycles. The molecule has 0 spiro atoms. The van der Waals surface area contributed by atoms with E-state index in [9.17, 15) is 0 Å². The third kappa shape index (κ3) is 4.69. The van der Waals surface area contributed by atoms with Crippen LogP contribution in [-0.2, 0) is 9.16 Å². The summed E-state index contributed by atoms with van der Waals surface area (Å²) in [6.07, 6.45) is 7.82. The molecule has 164 valence electrons. The first-order valence-electron chi connectivity index (χ1n) is 11.2. The lowest BCUT2D eigenvalue weighted by Gasteiger charge is -2.44. The van der Waals surface area contributed by atoms with Crippen LogP contribution in [0.15, 0.2) is 98.1 Å². The molecule has 3 heteroatoms. The largest absolute Gasteiger partial charge is 0.407 e. The second kappa shape index (κ2) is 9.95. The topological polar surface area (TPSA) is 18.5 Å². The van der Waals surface area contributed by atoms with Gasteiger partial charge in [-0.05, 0) is 21.3 Å². The van der Waals surface area contributed by atoms with Crippen molar-refractivity contribution in [2.24, 2.45) is 11.8 Å². The molecule has 3 rings (SSSR count). The normalized spacial score (nSPS) is 24.4. The second-order valence-corrected chi connectivity index (χ2v) is 13.7. The van der Waals surface area contributed by atoms with Crippen LogP contribution in [0.1, 0.15) is 27.7 Å². The van der Waals surface area contributed by atoms with E-state index >= 15 is 0 Å². The Hall–Kier alpha value is -2.20. The number of hydrogen-bond donors (Lipinski definition) is 0. The smallest absolute Gasteiger partial charge is 0.261 e. The fraction of sp³-hybridized carbons (Fsp3) is 0.357. The SMILES string of the molecule is C=C/C=C/[C@@H]1O[C@H](C=C)[C@@H](C)[C@H]1CO[Si](c1ccccc1)(c1ccccc1)C(C)(C)C. The van der Waals surface area contributed by atoms with Crippen molar-refractivity contribution in [1.82, 2.24) is 0 Å². The van der Waals surface area contributed by atoms with Crippen molar-refractivity contribution in [3.05, 3.63) is 98.1 Å². The molecule has 1 fully saturated rings. The molecule has 0 saturated carbocycles. The number of rotatable bonds is 8. The molecular formula is C28H36O2Si. The first-order valence-corrected chi connectivity index (χ1v) is 13.1. The Morgan fingerprint density at radius 1 is 0.935 bits per heavy atom. The molecule has 0 bridgehead atoms. The summed E-state index contributed by atoms with van der Waals surface area (Å²) in [6, 6.07) is 21.6. The maximum atomic E-state index is 7.19. The van der Waals surface area contributed by atoms with E-state index in [1.807, 2.05) is 12.2 Å². The van der Waals surface area contributed by atoms with Crippen molar-refractivity contribution in [3.8, 4) is 0 Å². The minimum atomic E-state index is -2.57. The zero-order valence-corrected chi connectivity index (χ0v) is 20.3. The second-order valence-electron chi connectivity index (χ2n) is 9.42. The van der Waals surface area contributed by atoms with E-state index in [2.05, 4.69) is 108 Å². The van der Waals surface area contributed by atoms with E-state index in [-0.39, 0.29) is 23.2 Å². The van der Waals surface area contributed by atoms with E-state index in [0.717, 1.165) is 0 Å². The molecule has 31 heavy (non-hydrogen) atoms. The van der Waals surface area contributed by atoms with Crippen LogP contribution >= 0.6 is 0 Å². The van der Waals surface area contributed by atoms with Crippen LogP contribution in [0.25, 0.3) is 0 Å². The Labute approximate surface area is 189 Å². The molecule has 1 saturated heterocycles. The summed E-state index contributed by atoms with van der Waals surface area (Å²) < 4.78 is 13.5. The Morgan fingerprint density at radius 3 is 1.94 bits per heavy atom. The average molecular weight is 433 g/mol. The van der Waals surface area contributed by atoms with Gasteiger partial charge in [-0.1, -0.05) is 119 Å². The van der Waals surface area contributed by atoms with Gasteiger partial charge in [-0.2, -0.15) is 0 Å². The highest BCUT2D eigenvalue weighted by Crippen LogP contribution is 2.40. The zero-order chi connectivity index (χ0) is 22.5. The van der Waals surface area contributed by atoms with Crippen LogP contribution in [0.2, 0.25) is 5.04 Å². The molecule has 4 atom stereocenters. The fourth-order valence-corrected chi connectivity index (χ4v) is 9.42. The molecule has 0 aromatic heterocycles. The van der Waals surface area contributed by atoms with E-state index in [0.29, 0.717) is 12.5 Å². The van der Waals surface area contributed by atoms with Gasteiger partial charge in [-0.3, -0.25) is 0 Å². The predicted molar refractivity (Wildman–Crippen MR) is 134 cm³/mol. The summed E-state index contributed by atoms with van der Waals surface area (Å²) in [5, 5.41) is 2.57. The maximum absolute atomic E-state index is 7.19. The van der Waals surface area contributed by atoms with Crippen molar-refractivity contribution < 1.29 is 9.16 Å². The van der Waals surface area contributed by atoms with Crippen LogP contribution in [0, 0.1) is 11.8 Å². The molecule has 0 N–H and O–H groups in total. The molecular weight excluding hydrogens is 396 g/mol. The summed E-state index contributed by atoms with van der Waals surface area (Å²) in [7, 11) is -2.57. The third-order valence-electron chi connectivity index (χ3n) is 6.51. The molecule has 0 radical (unpaired) electrons. The minimum absolute atomic E-state index is 0.00536. The van der Waals surface area contributed by atoms with Crippen LogP contribution in [-0.4, -0.2) is 27.1 Å². The first-order chi connectivity index (χ1) is 14.8. The van der Waals surface area contributed by atoms with Crippen molar-refractivity contribution in [2.45, 2.75) is 44.9 Å². The number of allylic oxidation sites excluding steroid dienone is 2. The number of hydrogen-bond acceptors (Lipinski definition) is 2. The standard InChI is InChI=1S/C28H36O2Si/c1-7-9-20-27-25(22(3)26(8-2)30-27)21-29-31(28(4,5)6,23-16-12-10-13-17-23)24-18-14-11-15-19-24/h7-20,22,25-27H,1-2,21H2,3-6H3/b20-9+/t22-,25+,26+,27-/m0/s1. The van der Waals surface area contributed by atoms with Crippen LogP contribution < -0.4 is 10.4 Å². The molecule has 1 aliphatic heterocycles. The van der Waals surface area contributed by atoms with Gasteiger partial charge in [-0.15, -0.1) is 6.58 Å². The van der Waals surface area contributed by atoms with Gasteiger partial charge < -0.3 is 9.16 Å². The Kier molecular flexibility index (Phi) is 7.53. The van der Waals surface area contributed by atoms with Gasteiger partial charge in [0.25, 0.3) is 8.32 Å². The molecule has 1 aliphatic rings. The molecule has 0 unspecified atom stereocenters. The van der Waals surface area contributed by atoms with Crippen molar-refractivity contribution in [1.29, 1.82) is 0 Å².